The van der Waals surface area contributed by atoms with Crippen molar-refractivity contribution in [1.82, 2.24) is 0 Å². The number of carbonyl (C=O) groups is 1. The molecular weight excluding hydrogens is 544 g/mol. The van der Waals surface area contributed by atoms with E-state index >= 15 is 0 Å². The topological polar surface area (TPSA) is 55.8 Å². The van der Waals surface area contributed by atoms with Crippen LogP contribution in [0.15, 0.2) is 24.3 Å². The molecule has 0 heterocycles. The molecule has 4 nitrogen and oxygen atoms in total. The minimum Gasteiger partial charge on any atom is -0.457 e. The Hall–Kier alpha value is -1.13. The van der Waals surface area contributed by atoms with Gasteiger partial charge in [-0.2, -0.15) is 0 Å². The Morgan fingerprint density at radius 2 is 0.977 bits per heavy atom. The Kier molecular flexibility index (Phi) is 37.1. The van der Waals surface area contributed by atoms with E-state index in [1.54, 1.807) is 0 Å². The average molecular weight is 621 g/mol. The first kappa shape index (κ1) is 42.9. The standard InChI is InChI=1S/C40H76O4/c1-3-5-7-9-11-13-15-17-19-20-21-22-24-26-28-30-32-34-36-43-38-39(37-41)44-40(42)35-33-31-29-27-25-23-18-16-14-12-10-8-6-4-2/h10,12,16,18,39,41H,3-9,11,13-15,17,19-38H2,1-2H3/b12-10-,18-16-. The summed E-state index contributed by atoms with van der Waals surface area (Å²) in [7, 11) is 0. The molecule has 1 N–H and O–H groups in total. The van der Waals surface area contributed by atoms with Crippen molar-refractivity contribution in [2.24, 2.45) is 0 Å². The van der Waals surface area contributed by atoms with Gasteiger partial charge in [0.2, 0.25) is 0 Å². The van der Waals surface area contributed by atoms with Crippen LogP contribution in [0.25, 0.3) is 0 Å². The van der Waals surface area contributed by atoms with Crippen LogP contribution < -0.4 is 0 Å². The molecule has 4 heteroatoms. The van der Waals surface area contributed by atoms with Gasteiger partial charge in [-0.15, -0.1) is 0 Å². The van der Waals surface area contributed by atoms with Crippen LogP contribution in [-0.2, 0) is 14.3 Å². The van der Waals surface area contributed by atoms with Gasteiger partial charge < -0.3 is 14.6 Å². The summed E-state index contributed by atoms with van der Waals surface area (Å²) >= 11 is 0. The van der Waals surface area contributed by atoms with E-state index in [9.17, 15) is 9.90 Å². The minimum atomic E-state index is -0.536. The average Bonchev–Trinajstić information content (AvgIpc) is 3.03. The van der Waals surface area contributed by atoms with Crippen LogP contribution in [0.4, 0.5) is 0 Å². The molecule has 1 unspecified atom stereocenters. The lowest BCUT2D eigenvalue weighted by Gasteiger charge is -2.15. The Morgan fingerprint density at radius 3 is 1.48 bits per heavy atom. The van der Waals surface area contributed by atoms with Gasteiger partial charge in [-0.1, -0.05) is 179 Å². The van der Waals surface area contributed by atoms with Gasteiger partial charge in [0.25, 0.3) is 0 Å². The van der Waals surface area contributed by atoms with Crippen LogP contribution in [0.3, 0.4) is 0 Å². The van der Waals surface area contributed by atoms with Crippen molar-refractivity contribution in [1.29, 1.82) is 0 Å². The van der Waals surface area contributed by atoms with Crippen molar-refractivity contribution >= 4 is 5.97 Å². The first-order chi connectivity index (χ1) is 21.7. The third kappa shape index (κ3) is 35.4. The summed E-state index contributed by atoms with van der Waals surface area (Å²) in [6.45, 7) is 5.32. The molecule has 0 aromatic carbocycles. The molecule has 260 valence electrons. The predicted molar refractivity (Wildman–Crippen MR) is 191 cm³/mol. The second kappa shape index (κ2) is 38.1. The first-order valence-corrected chi connectivity index (χ1v) is 19.4. The molecular formula is C40H76O4. The maximum atomic E-state index is 12.1. The highest BCUT2D eigenvalue weighted by molar-refractivity contribution is 5.69. The second-order valence-corrected chi connectivity index (χ2v) is 13.0. The molecule has 0 aromatic rings. The second-order valence-electron chi connectivity index (χ2n) is 13.0. The molecule has 0 amide bonds. The van der Waals surface area contributed by atoms with Gasteiger partial charge in [-0.25, -0.2) is 0 Å². The quantitative estimate of drug-likeness (QED) is 0.0430. The number of rotatable bonds is 36. The van der Waals surface area contributed by atoms with Gasteiger partial charge in [-0.05, 0) is 38.5 Å². The lowest BCUT2D eigenvalue weighted by molar-refractivity contribution is -0.154. The van der Waals surface area contributed by atoms with Gasteiger partial charge in [0.15, 0.2) is 0 Å². The Morgan fingerprint density at radius 1 is 0.545 bits per heavy atom. The Bertz CT molecular complexity index is 614. The summed E-state index contributed by atoms with van der Waals surface area (Å²) in [6, 6.07) is 0. The number of aliphatic hydroxyl groups is 1. The van der Waals surface area contributed by atoms with Gasteiger partial charge in [0.05, 0.1) is 13.2 Å². The van der Waals surface area contributed by atoms with Gasteiger partial charge in [0.1, 0.15) is 6.10 Å². The van der Waals surface area contributed by atoms with E-state index in [2.05, 4.69) is 38.2 Å². The summed E-state index contributed by atoms with van der Waals surface area (Å²) < 4.78 is 11.1. The number of hydrogen-bond acceptors (Lipinski definition) is 4. The van der Waals surface area contributed by atoms with Crippen molar-refractivity contribution in [3.05, 3.63) is 24.3 Å². The zero-order valence-electron chi connectivity index (χ0n) is 29.7. The fraction of sp³-hybridized carbons (Fsp3) is 0.875. The van der Waals surface area contributed by atoms with Crippen LogP contribution in [-0.4, -0.2) is 37.0 Å². The molecule has 1 atom stereocenters. The largest absolute Gasteiger partial charge is 0.457 e. The van der Waals surface area contributed by atoms with E-state index in [4.69, 9.17) is 9.47 Å². The van der Waals surface area contributed by atoms with E-state index in [-0.39, 0.29) is 12.6 Å². The maximum absolute atomic E-state index is 12.1. The van der Waals surface area contributed by atoms with Crippen molar-refractivity contribution in [3.8, 4) is 0 Å². The maximum Gasteiger partial charge on any atom is 0.306 e. The number of carbonyl (C=O) groups excluding carboxylic acids is 1. The molecule has 0 aliphatic carbocycles. The van der Waals surface area contributed by atoms with Crippen LogP contribution in [0, 0.1) is 0 Å². The van der Waals surface area contributed by atoms with Crippen molar-refractivity contribution < 1.29 is 19.4 Å². The van der Waals surface area contributed by atoms with Gasteiger partial charge in [0, 0.05) is 13.0 Å². The number of hydrogen-bond donors (Lipinski definition) is 1. The van der Waals surface area contributed by atoms with E-state index in [0.29, 0.717) is 19.6 Å². The summed E-state index contributed by atoms with van der Waals surface area (Å²) in [4.78, 5) is 12.1. The van der Waals surface area contributed by atoms with E-state index in [0.717, 1.165) is 38.5 Å². The zero-order chi connectivity index (χ0) is 32.0. The third-order valence-corrected chi connectivity index (χ3v) is 8.53. The number of ether oxygens (including phenoxy) is 2. The molecule has 0 aliphatic rings. The molecule has 0 aliphatic heterocycles. The third-order valence-electron chi connectivity index (χ3n) is 8.53. The molecule has 0 bridgehead atoms. The molecule has 0 fully saturated rings. The summed E-state index contributed by atoms with van der Waals surface area (Å²) in [5.74, 6) is -0.212. The van der Waals surface area contributed by atoms with Gasteiger partial charge >= 0.3 is 5.97 Å². The van der Waals surface area contributed by atoms with E-state index in [1.165, 1.54) is 141 Å². The van der Waals surface area contributed by atoms with Crippen LogP contribution in [0.1, 0.15) is 200 Å². The lowest BCUT2D eigenvalue weighted by Crippen LogP contribution is -2.27. The fourth-order valence-corrected chi connectivity index (χ4v) is 5.58. The minimum absolute atomic E-state index is 0.174. The normalized spacial score (nSPS) is 12.5. The number of aliphatic hydroxyl groups excluding tert-OH is 1. The van der Waals surface area contributed by atoms with E-state index < -0.39 is 6.10 Å². The molecule has 0 radical (unpaired) electrons. The summed E-state index contributed by atoms with van der Waals surface area (Å²) in [5.41, 5.74) is 0. The van der Waals surface area contributed by atoms with Crippen molar-refractivity contribution in [3.63, 3.8) is 0 Å². The number of allylic oxidation sites excluding steroid dienone is 4. The fourth-order valence-electron chi connectivity index (χ4n) is 5.58. The summed E-state index contributed by atoms with van der Waals surface area (Å²) in [5, 5.41) is 9.56. The molecule has 0 saturated carbocycles. The first-order valence-electron chi connectivity index (χ1n) is 19.4. The van der Waals surface area contributed by atoms with E-state index in [1.807, 2.05) is 0 Å². The monoisotopic (exact) mass is 621 g/mol. The zero-order valence-corrected chi connectivity index (χ0v) is 29.7. The highest BCUT2D eigenvalue weighted by Gasteiger charge is 2.13. The molecule has 0 spiro atoms. The lowest BCUT2D eigenvalue weighted by atomic mass is 10.0. The van der Waals surface area contributed by atoms with Crippen molar-refractivity contribution in [2.75, 3.05) is 19.8 Å². The number of esters is 1. The van der Waals surface area contributed by atoms with Crippen LogP contribution >= 0.6 is 0 Å². The molecule has 0 saturated heterocycles. The SMILES string of the molecule is CCCC/C=C\C/C=C\CCCCCCCC(=O)OC(CO)COCCCCCCCCCCCCCCCCCCCC. The molecule has 0 rings (SSSR count). The highest BCUT2D eigenvalue weighted by Crippen LogP contribution is 2.15. The Labute approximate surface area is 275 Å². The Balaban J connectivity index is 3.41. The molecule has 0 aromatic heterocycles. The van der Waals surface area contributed by atoms with Crippen molar-refractivity contribution in [2.45, 2.75) is 206 Å². The van der Waals surface area contributed by atoms with Gasteiger partial charge in [-0.3, -0.25) is 4.79 Å². The molecule has 44 heavy (non-hydrogen) atoms. The predicted octanol–water partition coefficient (Wildman–Crippen LogP) is 12.4. The van der Waals surface area contributed by atoms with Crippen LogP contribution in [0.5, 0.6) is 0 Å². The smallest absolute Gasteiger partial charge is 0.306 e. The van der Waals surface area contributed by atoms with Crippen LogP contribution in [0.2, 0.25) is 0 Å². The summed E-state index contributed by atoms with van der Waals surface area (Å²) in [6.07, 6.45) is 45.1. The highest BCUT2D eigenvalue weighted by atomic mass is 16.6. The number of unbranched alkanes of at least 4 members (excludes halogenated alkanes) is 24.